The largest absolute Gasteiger partial charge is 0.478 e. The summed E-state index contributed by atoms with van der Waals surface area (Å²) in [4.78, 5) is 10.6. The maximum atomic E-state index is 10.6. The molecule has 0 saturated heterocycles. The Morgan fingerprint density at radius 3 is 3.00 bits per heavy atom. The van der Waals surface area contributed by atoms with Crippen molar-refractivity contribution in [3.05, 3.63) is 23.7 Å². The molecule has 0 aromatic carbocycles. The first-order chi connectivity index (χ1) is 8.13. The van der Waals surface area contributed by atoms with E-state index >= 15 is 0 Å². The van der Waals surface area contributed by atoms with Crippen LogP contribution in [0.5, 0.6) is 0 Å². The molecule has 17 heavy (non-hydrogen) atoms. The second-order valence-electron chi connectivity index (χ2n) is 3.68. The van der Waals surface area contributed by atoms with E-state index in [0.29, 0.717) is 31.9 Å². The van der Waals surface area contributed by atoms with Gasteiger partial charge in [0.2, 0.25) is 0 Å². The molecule has 6 nitrogen and oxygen atoms in total. The highest BCUT2D eigenvalue weighted by molar-refractivity contribution is 5.87. The lowest BCUT2D eigenvalue weighted by Gasteiger charge is -2.09. The molecular formula is C11H17NO5. The van der Waals surface area contributed by atoms with E-state index in [1.807, 2.05) is 0 Å². The molecule has 96 valence electrons. The third-order valence-corrected chi connectivity index (χ3v) is 2.21. The van der Waals surface area contributed by atoms with Gasteiger partial charge in [-0.25, -0.2) is 4.79 Å². The molecule has 3 N–H and O–H groups in total. The number of hydrogen-bond acceptors (Lipinski definition) is 5. The number of aliphatic hydroxyl groups excluding tert-OH is 1. The van der Waals surface area contributed by atoms with Gasteiger partial charge < -0.3 is 24.7 Å². The van der Waals surface area contributed by atoms with Crippen molar-refractivity contribution in [1.82, 2.24) is 5.32 Å². The molecule has 0 aliphatic rings. The van der Waals surface area contributed by atoms with Crippen LogP contribution in [-0.2, 0) is 11.3 Å². The Kier molecular flexibility index (Phi) is 5.68. The van der Waals surface area contributed by atoms with Crippen LogP contribution in [0, 0.1) is 0 Å². The zero-order valence-electron chi connectivity index (χ0n) is 9.68. The summed E-state index contributed by atoms with van der Waals surface area (Å²) in [5.74, 6) is -0.445. The van der Waals surface area contributed by atoms with E-state index in [4.69, 9.17) is 14.3 Å². The first-order valence-corrected chi connectivity index (χ1v) is 5.32. The Morgan fingerprint density at radius 1 is 1.65 bits per heavy atom. The third kappa shape index (κ3) is 4.99. The van der Waals surface area contributed by atoms with E-state index in [9.17, 15) is 9.90 Å². The van der Waals surface area contributed by atoms with Crippen molar-refractivity contribution < 1.29 is 24.2 Å². The summed E-state index contributed by atoms with van der Waals surface area (Å²) in [6.45, 7) is 1.35. The summed E-state index contributed by atoms with van der Waals surface area (Å²) in [7, 11) is 1.53. The molecule has 0 spiro atoms. The lowest BCUT2D eigenvalue weighted by atomic mass is 10.2. The molecule has 1 rings (SSSR count). The van der Waals surface area contributed by atoms with Gasteiger partial charge in [-0.3, -0.25) is 0 Å². The molecule has 0 radical (unpaired) electrons. The Balaban J connectivity index is 2.19. The van der Waals surface area contributed by atoms with Crippen molar-refractivity contribution >= 4 is 5.97 Å². The average molecular weight is 243 g/mol. The van der Waals surface area contributed by atoms with Gasteiger partial charge >= 0.3 is 5.97 Å². The van der Waals surface area contributed by atoms with Crippen molar-refractivity contribution in [2.24, 2.45) is 0 Å². The fraction of sp³-hybridized carbons (Fsp3) is 0.545. The van der Waals surface area contributed by atoms with Crippen LogP contribution in [0.15, 0.2) is 16.7 Å². The summed E-state index contributed by atoms with van der Waals surface area (Å²) in [6, 6.07) is 1.47. The monoisotopic (exact) mass is 243 g/mol. The number of ether oxygens (including phenoxy) is 1. The van der Waals surface area contributed by atoms with Gasteiger partial charge in [0.1, 0.15) is 12.0 Å². The minimum atomic E-state index is -1.00. The minimum absolute atomic E-state index is 0.140. The third-order valence-electron chi connectivity index (χ3n) is 2.21. The highest BCUT2D eigenvalue weighted by Gasteiger charge is 2.08. The zero-order valence-corrected chi connectivity index (χ0v) is 9.68. The number of carboxylic acid groups (broad SMARTS) is 1. The topological polar surface area (TPSA) is 91.9 Å². The normalized spacial score (nSPS) is 12.6. The van der Waals surface area contributed by atoms with Gasteiger partial charge in [-0.15, -0.1) is 0 Å². The molecule has 1 unspecified atom stereocenters. The van der Waals surface area contributed by atoms with Crippen molar-refractivity contribution in [3.8, 4) is 0 Å². The van der Waals surface area contributed by atoms with E-state index in [2.05, 4.69) is 5.32 Å². The van der Waals surface area contributed by atoms with Gasteiger partial charge in [-0.1, -0.05) is 0 Å². The summed E-state index contributed by atoms with van der Waals surface area (Å²) in [6.07, 6.45) is 1.29. The maximum Gasteiger partial charge on any atom is 0.338 e. The van der Waals surface area contributed by atoms with E-state index in [1.54, 1.807) is 0 Å². The second kappa shape index (κ2) is 7.05. The Bertz CT molecular complexity index is 349. The van der Waals surface area contributed by atoms with Crippen LogP contribution in [0.4, 0.5) is 0 Å². The molecule has 1 heterocycles. The molecule has 1 atom stereocenters. The van der Waals surface area contributed by atoms with E-state index < -0.39 is 12.1 Å². The highest BCUT2D eigenvalue weighted by atomic mass is 16.5. The molecule has 0 aliphatic heterocycles. The number of methoxy groups -OCH3 is 1. The molecule has 0 aliphatic carbocycles. The van der Waals surface area contributed by atoms with Crippen LogP contribution in [0.25, 0.3) is 0 Å². The molecule has 0 bridgehead atoms. The summed E-state index contributed by atoms with van der Waals surface area (Å²) in [5, 5.41) is 21.1. The number of aliphatic hydroxyl groups is 1. The maximum absolute atomic E-state index is 10.6. The quantitative estimate of drug-likeness (QED) is 0.575. The molecule has 0 saturated carbocycles. The fourth-order valence-electron chi connectivity index (χ4n) is 1.34. The van der Waals surface area contributed by atoms with Crippen molar-refractivity contribution in [2.45, 2.75) is 19.1 Å². The van der Waals surface area contributed by atoms with Crippen molar-refractivity contribution in [1.29, 1.82) is 0 Å². The van der Waals surface area contributed by atoms with E-state index in [0.717, 1.165) is 0 Å². The first-order valence-electron chi connectivity index (χ1n) is 5.32. The molecule has 0 fully saturated rings. The molecule has 1 aromatic heterocycles. The summed E-state index contributed by atoms with van der Waals surface area (Å²) >= 11 is 0. The Labute approximate surface area is 99.2 Å². The molecule has 1 aromatic rings. The number of aromatic carboxylic acids is 1. The average Bonchev–Trinajstić information content (AvgIpc) is 2.73. The van der Waals surface area contributed by atoms with E-state index in [1.165, 1.54) is 19.4 Å². The highest BCUT2D eigenvalue weighted by Crippen LogP contribution is 2.07. The molecule has 0 amide bonds. The molecular weight excluding hydrogens is 226 g/mol. The van der Waals surface area contributed by atoms with Gasteiger partial charge in [0.15, 0.2) is 0 Å². The van der Waals surface area contributed by atoms with Gasteiger partial charge in [-0.05, 0) is 19.0 Å². The van der Waals surface area contributed by atoms with Crippen LogP contribution in [-0.4, -0.2) is 42.5 Å². The van der Waals surface area contributed by atoms with Crippen molar-refractivity contribution in [3.63, 3.8) is 0 Å². The van der Waals surface area contributed by atoms with Crippen LogP contribution in [0.2, 0.25) is 0 Å². The number of furan rings is 1. The van der Waals surface area contributed by atoms with Gasteiger partial charge in [0, 0.05) is 7.11 Å². The van der Waals surface area contributed by atoms with Gasteiger partial charge in [0.25, 0.3) is 0 Å². The summed E-state index contributed by atoms with van der Waals surface area (Å²) < 4.78 is 9.84. The van der Waals surface area contributed by atoms with Crippen molar-refractivity contribution in [2.75, 3.05) is 20.3 Å². The van der Waals surface area contributed by atoms with Crippen LogP contribution < -0.4 is 5.32 Å². The van der Waals surface area contributed by atoms with Crippen LogP contribution >= 0.6 is 0 Å². The fourth-order valence-corrected chi connectivity index (χ4v) is 1.34. The van der Waals surface area contributed by atoms with E-state index in [-0.39, 0.29) is 5.56 Å². The molecule has 6 heteroatoms. The zero-order chi connectivity index (χ0) is 12.7. The number of nitrogens with one attached hydrogen (secondary N) is 1. The SMILES string of the molecule is COCC(O)CCNCc1cc(C(=O)O)co1. The number of carbonyl (C=O) groups is 1. The van der Waals surface area contributed by atoms with Gasteiger partial charge in [-0.2, -0.15) is 0 Å². The summed E-state index contributed by atoms with van der Waals surface area (Å²) in [5.41, 5.74) is 0.140. The Hall–Kier alpha value is -1.37. The second-order valence-corrected chi connectivity index (χ2v) is 3.68. The van der Waals surface area contributed by atoms with Crippen LogP contribution in [0.3, 0.4) is 0 Å². The van der Waals surface area contributed by atoms with Crippen LogP contribution in [0.1, 0.15) is 22.5 Å². The minimum Gasteiger partial charge on any atom is -0.478 e. The number of hydrogen-bond donors (Lipinski definition) is 3. The standard InChI is InChI=1S/C11H17NO5/c1-16-7-9(13)2-3-12-5-10-4-8(6-17-10)11(14)15/h4,6,9,12-13H,2-3,5,7H2,1H3,(H,14,15). The first kappa shape index (κ1) is 13.7. The smallest absolute Gasteiger partial charge is 0.338 e. The number of carboxylic acids is 1. The number of rotatable bonds is 8. The lowest BCUT2D eigenvalue weighted by molar-refractivity contribution is 0.0593. The lowest BCUT2D eigenvalue weighted by Crippen LogP contribution is -2.22. The van der Waals surface area contributed by atoms with Gasteiger partial charge in [0.05, 0.1) is 24.8 Å². The Morgan fingerprint density at radius 2 is 2.41 bits per heavy atom. The predicted molar refractivity (Wildman–Crippen MR) is 59.9 cm³/mol. The predicted octanol–water partition coefficient (Wildman–Crippen LogP) is 0.465.